The summed E-state index contributed by atoms with van der Waals surface area (Å²) in [7, 11) is 0. The molecule has 14 heavy (non-hydrogen) atoms. The van der Waals surface area contributed by atoms with Crippen LogP contribution in [0.4, 0.5) is 4.39 Å². The molecule has 1 heterocycles. The fourth-order valence-corrected chi connectivity index (χ4v) is 1.06. The molecule has 1 atom stereocenters. The van der Waals surface area contributed by atoms with Gasteiger partial charge in [0, 0.05) is 6.07 Å². The standard InChI is InChI=1S/C10H8FNO2/c11-8-1-7(4-12)2-9(3-8)13-5-10-6-14-10/h1-3,10H,5-6H2. The van der Waals surface area contributed by atoms with Gasteiger partial charge in [0.1, 0.15) is 24.3 Å². The minimum Gasteiger partial charge on any atom is -0.491 e. The van der Waals surface area contributed by atoms with Crippen LogP contribution < -0.4 is 4.74 Å². The minimum atomic E-state index is -0.462. The number of hydrogen-bond donors (Lipinski definition) is 0. The summed E-state index contributed by atoms with van der Waals surface area (Å²) < 4.78 is 23.1. The van der Waals surface area contributed by atoms with Gasteiger partial charge in [-0.25, -0.2) is 4.39 Å². The van der Waals surface area contributed by atoms with Crippen LogP contribution in [0.2, 0.25) is 0 Å². The second-order valence-corrected chi connectivity index (χ2v) is 3.05. The summed E-state index contributed by atoms with van der Waals surface area (Å²) in [5.74, 6) is -0.0900. The predicted octanol–water partition coefficient (Wildman–Crippen LogP) is 1.47. The van der Waals surface area contributed by atoms with E-state index in [2.05, 4.69) is 0 Å². The zero-order valence-electron chi connectivity index (χ0n) is 7.37. The lowest BCUT2D eigenvalue weighted by Crippen LogP contribution is -2.04. The van der Waals surface area contributed by atoms with Crippen molar-refractivity contribution in [1.82, 2.24) is 0 Å². The maximum atomic E-state index is 12.9. The number of rotatable bonds is 3. The summed E-state index contributed by atoms with van der Waals surface area (Å²) >= 11 is 0. The van der Waals surface area contributed by atoms with Gasteiger partial charge in [-0.1, -0.05) is 0 Å². The van der Waals surface area contributed by atoms with E-state index in [-0.39, 0.29) is 11.7 Å². The highest BCUT2D eigenvalue weighted by atomic mass is 19.1. The average Bonchev–Trinajstić information content (AvgIpc) is 2.97. The van der Waals surface area contributed by atoms with Crippen LogP contribution in [0.1, 0.15) is 5.56 Å². The first-order valence-electron chi connectivity index (χ1n) is 4.23. The molecule has 72 valence electrons. The van der Waals surface area contributed by atoms with E-state index in [9.17, 15) is 4.39 Å². The van der Waals surface area contributed by atoms with E-state index in [0.29, 0.717) is 19.0 Å². The Hall–Kier alpha value is -1.60. The van der Waals surface area contributed by atoms with E-state index in [1.165, 1.54) is 18.2 Å². The number of hydrogen-bond acceptors (Lipinski definition) is 3. The van der Waals surface area contributed by atoms with Crippen LogP contribution in [0, 0.1) is 17.1 Å². The Kier molecular flexibility index (Phi) is 2.33. The number of benzene rings is 1. The van der Waals surface area contributed by atoms with Crippen LogP contribution in [0.3, 0.4) is 0 Å². The molecule has 0 amide bonds. The molecular formula is C10H8FNO2. The van der Waals surface area contributed by atoms with Gasteiger partial charge in [0.05, 0.1) is 18.2 Å². The van der Waals surface area contributed by atoms with Gasteiger partial charge in [0.15, 0.2) is 0 Å². The number of ether oxygens (including phenoxy) is 2. The van der Waals surface area contributed by atoms with Crippen LogP contribution in [-0.4, -0.2) is 19.3 Å². The van der Waals surface area contributed by atoms with Crippen molar-refractivity contribution < 1.29 is 13.9 Å². The maximum absolute atomic E-state index is 12.9. The number of epoxide rings is 1. The summed E-state index contributed by atoms with van der Waals surface area (Å²) in [4.78, 5) is 0. The molecule has 1 fully saturated rings. The second kappa shape index (κ2) is 3.64. The molecule has 1 aliphatic rings. The molecule has 1 unspecified atom stereocenters. The van der Waals surface area contributed by atoms with E-state index in [1.54, 1.807) is 0 Å². The average molecular weight is 193 g/mol. The highest BCUT2D eigenvalue weighted by Crippen LogP contribution is 2.18. The number of nitrogens with zero attached hydrogens (tertiary/aromatic N) is 1. The normalized spacial score (nSPS) is 18.7. The number of nitriles is 1. The molecule has 1 aromatic rings. The van der Waals surface area contributed by atoms with Crippen molar-refractivity contribution in [2.24, 2.45) is 0 Å². The lowest BCUT2D eigenvalue weighted by atomic mass is 10.2. The summed E-state index contributed by atoms with van der Waals surface area (Å²) in [5, 5.41) is 8.58. The highest BCUT2D eigenvalue weighted by Gasteiger charge is 2.23. The quantitative estimate of drug-likeness (QED) is 0.683. The largest absolute Gasteiger partial charge is 0.491 e. The topological polar surface area (TPSA) is 45.5 Å². The van der Waals surface area contributed by atoms with E-state index >= 15 is 0 Å². The van der Waals surface area contributed by atoms with Crippen molar-refractivity contribution in [2.45, 2.75) is 6.10 Å². The van der Waals surface area contributed by atoms with Crippen LogP contribution in [-0.2, 0) is 4.74 Å². The van der Waals surface area contributed by atoms with Crippen molar-refractivity contribution in [3.63, 3.8) is 0 Å². The zero-order chi connectivity index (χ0) is 9.97. The first-order valence-corrected chi connectivity index (χ1v) is 4.23. The predicted molar refractivity (Wildman–Crippen MR) is 46.4 cm³/mol. The summed E-state index contributed by atoms with van der Waals surface area (Å²) in [5.41, 5.74) is 0.261. The van der Waals surface area contributed by atoms with Gasteiger partial charge in [0.25, 0.3) is 0 Å². The molecule has 2 rings (SSSR count). The van der Waals surface area contributed by atoms with Gasteiger partial charge < -0.3 is 9.47 Å². The molecule has 0 saturated carbocycles. The summed E-state index contributed by atoms with van der Waals surface area (Å²) in [6, 6.07) is 5.79. The first-order chi connectivity index (χ1) is 6.78. The van der Waals surface area contributed by atoms with Crippen LogP contribution in [0.15, 0.2) is 18.2 Å². The Bertz CT molecular complexity index is 382. The molecule has 0 N–H and O–H groups in total. The van der Waals surface area contributed by atoms with E-state index < -0.39 is 5.82 Å². The zero-order valence-corrected chi connectivity index (χ0v) is 7.37. The van der Waals surface area contributed by atoms with Crippen molar-refractivity contribution in [1.29, 1.82) is 5.26 Å². The SMILES string of the molecule is N#Cc1cc(F)cc(OCC2CO2)c1. The molecule has 0 bridgehead atoms. The molecule has 4 heteroatoms. The van der Waals surface area contributed by atoms with Gasteiger partial charge in [-0.3, -0.25) is 0 Å². The molecular weight excluding hydrogens is 185 g/mol. The van der Waals surface area contributed by atoms with Crippen molar-refractivity contribution in [3.8, 4) is 11.8 Å². The minimum absolute atomic E-state index is 0.129. The molecule has 1 saturated heterocycles. The molecule has 0 aromatic heterocycles. The molecule has 1 aliphatic heterocycles. The van der Waals surface area contributed by atoms with Gasteiger partial charge in [-0.05, 0) is 12.1 Å². The van der Waals surface area contributed by atoms with Gasteiger partial charge in [0.2, 0.25) is 0 Å². The Morgan fingerprint density at radius 2 is 2.36 bits per heavy atom. The third-order valence-corrected chi connectivity index (χ3v) is 1.84. The fourth-order valence-electron chi connectivity index (χ4n) is 1.06. The molecule has 1 aromatic carbocycles. The van der Waals surface area contributed by atoms with E-state index in [1.807, 2.05) is 6.07 Å². The second-order valence-electron chi connectivity index (χ2n) is 3.05. The van der Waals surface area contributed by atoms with Gasteiger partial charge in [-0.2, -0.15) is 5.26 Å². The van der Waals surface area contributed by atoms with Crippen LogP contribution in [0.5, 0.6) is 5.75 Å². The first kappa shape index (κ1) is 8.97. The third kappa shape index (κ3) is 2.21. The van der Waals surface area contributed by atoms with Crippen molar-refractivity contribution in [2.75, 3.05) is 13.2 Å². The third-order valence-electron chi connectivity index (χ3n) is 1.84. The maximum Gasteiger partial charge on any atom is 0.128 e. The monoisotopic (exact) mass is 193 g/mol. The molecule has 0 spiro atoms. The van der Waals surface area contributed by atoms with Gasteiger partial charge in [-0.15, -0.1) is 0 Å². The Morgan fingerprint density at radius 1 is 1.57 bits per heavy atom. The Morgan fingerprint density at radius 3 is 3.00 bits per heavy atom. The highest BCUT2D eigenvalue weighted by molar-refractivity contribution is 5.37. The van der Waals surface area contributed by atoms with E-state index in [0.717, 1.165) is 0 Å². The lowest BCUT2D eigenvalue weighted by molar-refractivity contribution is 0.262. The molecule has 0 aliphatic carbocycles. The fraction of sp³-hybridized carbons (Fsp3) is 0.300. The van der Waals surface area contributed by atoms with Crippen molar-refractivity contribution >= 4 is 0 Å². The number of halogens is 1. The smallest absolute Gasteiger partial charge is 0.128 e. The van der Waals surface area contributed by atoms with Gasteiger partial charge >= 0.3 is 0 Å². The Labute approximate surface area is 80.7 Å². The lowest BCUT2D eigenvalue weighted by Gasteiger charge is -2.04. The van der Waals surface area contributed by atoms with E-state index in [4.69, 9.17) is 14.7 Å². The summed E-state index contributed by atoms with van der Waals surface area (Å²) in [6.45, 7) is 1.11. The van der Waals surface area contributed by atoms with Crippen molar-refractivity contribution in [3.05, 3.63) is 29.6 Å². The molecule has 0 radical (unpaired) electrons. The van der Waals surface area contributed by atoms with Crippen LogP contribution in [0.25, 0.3) is 0 Å². The Balaban J connectivity index is 2.07. The summed E-state index contributed by atoms with van der Waals surface area (Å²) in [6.07, 6.45) is 0.129. The molecule has 3 nitrogen and oxygen atoms in total. The van der Waals surface area contributed by atoms with Crippen LogP contribution >= 0.6 is 0 Å².